The molecule has 3 rings (SSSR count). The van der Waals surface area contributed by atoms with Gasteiger partial charge in [-0.1, -0.05) is 12.1 Å². The summed E-state index contributed by atoms with van der Waals surface area (Å²) in [6.07, 6.45) is 4.56. The Balaban J connectivity index is 0.00000210. The molecule has 2 aromatic rings. The average Bonchev–Trinajstić information content (AvgIpc) is 2.73. The third-order valence-electron chi connectivity index (χ3n) is 4.82. The number of rotatable bonds is 6. The van der Waals surface area contributed by atoms with E-state index in [-0.39, 0.29) is 36.6 Å². The molecule has 29 heavy (non-hydrogen) atoms. The highest BCUT2D eigenvalue weighted by atomic mass is 35.5. The molecule has 3 N–H and O–H groups in total. The molecule has 0 aliphatic carbocycles. The van der Waals surface area contributed by atoms with Gasteiger partial charge in [0.05, 0.1) is 0 Å². The zero-order valence-electron chi connectivity index (χ0n) is 16.1. The summed E-state index contributed by atoms with van der Waals surface area (Å²) in [5.74, 6) is -0.282. The lowest BCUT2D eigenvalue weighted by Gasteiger charge is -2.34. The molecule has 0 radical (unpaired) electrons. The van der Waals surface area contributed by atoms with Crippen molar-refractivity contribution in [2.24, 2.45) is 0 Å². The molecule has 0 unspecified atom stereocenters. The molecule has 158 valence electrons. The van der Waals surface area contributed by atoms with Crippen LogP contribution in [0.1, 0.15) is 28.8 Å². The Labute approximate surface area is 182 Å². The fourth-order valence-electron chi connectivity index (χ4n) is 3.11. The van der Waals surface area contributed by atoms with E-state index in [2.05, 4.69) is 20.9 Å². The fourth-order valence-corrected chi connectivity index (χ4v) is 3.11. The van der Waals surface area contributed by atoms with Crippen LogP contribution in [0.4, 0.5) is 5.69 Å². The van der Waals surface area contributed by atoms with Crippen molar-refractivity contribution in [3.05, 3.63) is 59.9 Å². The van der Waals surface area contributed by atoms with E-state index < -0.39 is 5.60 Å². The Morgan fingerprint density at radius 2 is 1.69 bits per heavy atom. The van der Waals surface area contributed by atoms with Crippen LogP contribution >= 0.6 is 24.8 Å². The SMILES string of the molecule is COC1(C(=O)NCc2ccc(C(=O)Nc3ccncc3)cc2)CCNCC1.Cl.Cl. The van der Waals surface area contributed by atoms with E-state index in [9.17, 15) is 9.59 Å². The first-order chi connectivity index (χ1) is 13.1. The molecule has 9 heteroatoms. The van der Waals surface area contributed by atoms with Crippen molar-refractivity contribution in [3.8, 4) is 0 Å². The van der Waals surface area contributed by atoms with E-state index in [0.717, 1.165) is 18.7 Å². The zero-order valence-corrected chi connectivity index (χ0v) is 17.8. The number of methoxy groups -OCH3 is 1. The van der Waals surface area contributed by atoms with Crippen molar-refractivity contribution in [1.82, 2.24) is 15.6 Å². The Kier molecular flexibility index (Phi) is 10.0. The number of carbonyl (C=O) groups excluding carboxylic acids is 2. The van der Waals surface area contributed by atoms with Crippen LogP contribution in [0.5, 0.6) is 0 Å². The van der Waals surface area contributed by atoms with Crippen LogP contribution in [0.2, 0.25) is 0 Å². The van der Waals surface area contributed by atoms with E-state index in [1.807, 2.05) is 12.1 Å². The van der Waals surface area contributed by atoms with Crippen LogP contribution in [0.3, 0.4) is 0 Å². The number of amides is 2. The maximum atomic E-state index is 12.6. The first-order valence-electron chi connectivity index (χ1n) is 8.97. The smallest absolute Gasteiger partial charge is 0.255 e. The van der Waals surface area contributed by atoms with Crippen LogP contribution in [-0.4, -0.2) is 42.6 Å². The summed E-state index contributed by atoms with van der Waals surface area (Å²) in [5.41, 5.74) is 1.41. The predicted molar refractivity (Wildman–Crippen MR) is 117 cm³/mol. The van der Waals surface area contributed by atoms with Gasteiger partial charge in [-0.3, -0.25) is 14.6 Å². The lowest BCUT2D eigenvalue weighted by atomic mass is 9.91. The summed E-state index contributed by atoms with van der Waals surface area (Å²) >= 11 is 0. The van der Waals surface area contributed by atoms with Crippen LogP contribution < -0.4 is 16.0 Å². The second-order valence-electron chi connectivity index (χ2n) is 6.52. The summed E-state index contributed by atoms with van der Waals surface area (Å²) in [5, 5.41) is 9.00. The van der Waals surface area contributed by atoms with E-state index in [1.54, 1.807) is 43.8 Å². The maximum Gasteiger partial charge on any atom is 0.255 e. The van der Waals surface area contributed by atoms with Crippen molar-refractivity contribution in [3.63, 3.8) is 0 Å². The van der Waals surface area contributed by atoms with Crippen molar-refractivity contribution < 1.29 is 14.3 Å². The number of benzene rings is 1. The number of ether oxygens (including phenoxy) is 1. The number of pyridine rings is 1. The molecule has 0 saturated carbocycles. The number of aromatic nitrogens is 1. The first kappa shape index (κ1) is 24.8. The van der Waals surface area contributed by atoms with Gasteiger partial charge in [-0.25, -0.2) is 0 Å². The molecule has 2 heterocycles. The number of halogens is 2. The number of carbonyl (C=O) groups is 2. The van der Waals surface area contributed by atoms with Gasteiger partial charge in [-0.2, -0.15) is 0 Å². The monoisotopic (exact) mass is 440 g/mol. The standard InChI is InChI=1S/C20H24N4O3.2ClH/c1-27-20(8-12-22-13-9-20)19(26)23-14-15-2-4-16(5-3-15)18(25)24-17-6-10-21-11-7-17;;/h2-7,10-11,22H,8-9,12-14H2,1H3,(H,23,26)(H,21,24,25);2*1H. The zero-order chi connectivity index (χ0) is 19.1. The minimum absolute atomic E-state index is 0. The highest BCUT2D eigenvalue weighted by molar-refractivity contribution is 6.04. The first-order valence-corrected chi connectivity index (χ1v) is 8.97. The summed E-state index contributed by atoms with van der Waals surface area (Å²) in [4.78, 5) is 28.7. The van der Waals surface area contributed by atoms with Gasteiger partial charge in [-0.15, -0.1) is 24.8 Å². The Morgan fingerprint density at radius 3 is 2.28 bits per heavy atom. The largest absolute Gasteiger partial charge is 0.368 e. The molecule has 7 nitrogen and oxygen atoms in total. The highest BCUT2D eigenvalue weighted by Gasteiger charge is 2.39. The van der Waals surface area contributed by atoms with Gasteiger partial charge < -0.3 is 20.7 Å². The van der Waals surface area contributed by atoms with E-state index in [0.29, 0.717) is 30.6 Å². The molecule has 0 spiro atoms. The highest BCUT2D eigenvalue weighted by Crippen LogP contribution is 2.22. The number of hydrogen-bond donors (Lipinski definition) is 3. The Bertz CT molecular complexity index is 782. The number of anilines is 1. The fraction of sp³-hybridized carbons (Fsp3) is 0.350. The van der Waals surface area contributed by atoms with E-state index in [4.69, 9.17) is 4.74 Å². The van der Waals surface area contributed by atoms with Crippen LogP contribution in [0, 0.1) is 0 Å². The topological polar surface area (TPSA) is 92.3 Å². The summed E-state index contributed by atoms with van der Waals surface area (Å²) in [6, 6.07) is 10.6. The second kappa shape index (κ2) is 11.7. The number of piperidine rings is 1. The third kappa shape index (κ3) is 6.40. The maximum absolute atomic E-state index is 12.6. The minimum Gasteiger partial charge on any atom is -0.368 e. The van der Waals surface area contributed by atoms with Gasteiger partial charge >= 0.3 is 0 Å². The molecule has 1 fully saturated rings. The van der Waals surface area contributed by atoms with E-state index >= 15 is 0 Å². The minimum atomic E-state index is -0.754. The molecule has 1 saturated heterocycles. The number of hydrogen-bond acceptors (Lipinski definition) is 5. The molecular formula is C20H26Cl2N4O3. The van der Waals surface area contributed by atoms with Crippen molar-refractivity contribution in [2.75, 3.05) is 25.5 Å². The van der Waals surface area contributed by atoms with Gasteiger partial charge in [0.25, 0.3) is 11.8 Å². The van der Waals surface area contributed by atoms with Crippen molar-refractivity contribution in [1.29, 1.82) is 0 Å². The lowest BCUT2D eigenvalue weighted by Crippen LogP contribution is -2.53. The summed E-state index contributed by atoms with van der Waals surface area (Å²) < 4.78 is 5.53. The summed E-state index contributed by atoms with van der Waals surface area (Å²) in [7, 11) is 1.58. The number of nitrogens with zero attached hydrogens (tertiary/aromatic N) is 1. The molecule has 1 aromatic carbocycles. The quantitative estimate of drug-likeness (QED) is 0.641. The average molecular weight is 441 g/mol. The van der Waals surface area contributed by atoms with Crippen LogP contribution in [-0.2, 0) is 16.1 Å². The molecular weight excluding hydrogens is 415 g/mol. The molecule has 1 aliphatic heterocycles. The summed E-state index contributed by atoms with van der Waals surface area (Å²) in [6.45, 7) is 1.93. The normalized spacial score (nSPS) is 14.7. The second-order valence-corrected chi connectivity index (χ2v) is 6.52. The van der Waals surface area contributed by atoms with Crippen molar-refractivity contribution >= 4 is 42.3 Å². The van der Waals surface area contributed by atoms with Crippen LogP contribution in [0.25, 0.3) is 0 Å². The Morgan fingerprint density at radius 1 is 1.07 bits per heavy atom. The molecule has 0 bridgehead atoms. The Hall–Kier alpha value is -2.19. The van der Waals surface area contributed by atoms with E-state index in [1.165, 1.54) is 0 Å². The molecule has 1 aromatic heterocycles. The molecule has 1 aliphatic rings. The van der Waals surface area contributed by atoms with Gasteiger partial charge in [0.2, 0.25) is 0 Å². The predicted octanol–water partition coefficient (Wildman–Crippen LogP) is 2.56. The van der Waals surface area contributed by atoms with Gasteiger partial charge in [-0.05, 0) is 55.8 Å². The lowest BCUT2D eigenvalue weighted by molar-refractivity contribution is -0.146. The third-order valence-corrected chi connectivity index (χ3v) is 4.82. The van der Waals surface area contributed by atoms with Gasteiger partial charge in [0.15, 0.2) is 0 Å². The number of nitrogens with one attached hydrogen (secondary N) is 3. The van der Waals surface area contributed by atoms with Crippen LogP contribution in [0.15, 0.2) is 48.8 Å². The van der Waals surface area contributed by atoms with Crippen molar-refractivity contribution in [2.45, 2.75) is 25.0 Å². The molecule has 2 amide bonds. The molecule has 0 atom stereocenters. The van der Waals surface area contributed by atoms with Gasteiger partial charge in [0, 0.05) is 37.3 Å². The van der Waals surface area contributed by atoms with Gasteiger partial charge in [0.1, 0.15) is 5.60 Å².